The Hall–Kier alpha value is -0.520. The molecule has 1 rings (SSSR count). The second-order valence-electron chi connectivity index (χ2n) is 5.35. The third-order valence-corrected chi connectivity index (χ3v) is 3.04. The lowest BCUT2D eigenvalue weighted by Crippen LogP contribution is -2.39. The summed E-state index contributed by atoms with van der Waals surface area (Å²) < 4.78 is 5.95. The zero-order valence-electron chi connectivity index (χ0n) is 11.8. The molecule has 0 saturated carbocycles. The van der Waals surface area contributed by atoms with Crippen LogP contribution in [-0.4, -0.2) is 36.7 Å². The monoisotopic (exact) mass is 237 g/mol. The molecular formula is C15H27NO. The average Bonchev–Trinajstić information content (AvgIpc) is 2.28. The van der Waals surface area contributed by atoms with Crippen LogP contribution < -0.4 is 0 Å². The lowest BCUT2D eigenvalue weighted by molar-refractivity contribution is -0.0134. The van der Waals surface area contributed by atoms with Crippen LogP contribution >= 0.6 is 0 Å². The standard InChI is InChI=1S/C15H27NO/c1-5-6-7-14(4)17-15-8-10-16(11-9-15)12-13(2)3/h13-15H,5,8-12H2,1-4H3/t14-/m0/s1. The van der Waals surface area contributed by atoms with Crippen LogP contribution in [0.25, 0.3) is 0 Å². The molecule has 0 aromatic heterocycles. The van der Waals surface area contributed by atoms with E-state index in [4.69, 9.17) is 4.74 Å². The summed E-state index contributed by atoms with van der Waals surface area (Å²) in [5.74, 6) is 6.99. The van der Waals surface area contributed by atoms with E-state index >= 15 is 0 Å². The topological polar surface area (TPSA) is 12.5 Å². The van der Waals surface area contributed by atoms with E-state index in [0.717, 1.165) is 25.2 Å². The van der Waals surface area contributed by atoms with Gasteiger partial charge in [0, 0.05) is 26.1 Å². The van der Waals surface area contributed by atoms with Gasteiger partial charge in [-0.3, -0.25) is 0 Å². The van der Waals surface area contributed by atoms with Crippen molar-refractivity contribution in [1.82, 2.24) is 4.90 Å². The molecule has 98 valence electrons. The Labute approximate surface area is 107 Å². The molecule has 1 fully saturated rings. The van der Waals surface area contributed by atoms with Gasteiger partial charge in [0.05, 0.1) is 6.10 Å². The minimum Gasteiger partial charge on any atom is -0.362 e. The van der Waals surface area contributed by atoms with Crippen LogP contribution in [0, 0.1) is 17.8 Å². The molecule has 0 radical (unpaired) electrons. The van der Waals surface area contributed by atoms with Gasteiger partial charge in [0.15, 0.2) is 0 Å². The quantitative estimate of drug-likeness (QED) is 0.697. The number of nitrogens with zero attached hydrogens (tertiary/aromatic N) is 1. The Balaban J connectivity index is 2.23. The highest BCUT2D eigenvalue weighted by molar-refractivity contribution is 5.03. The normalized spacial score (nSPS) is 20.1. The second kappa shape index (κ2) is 7.74. The van der Waals surface area contributed by atoms with Crippen molar-refractivity contribution < 1.29 is 4.74 Å². The van der Waals surface area contributed by atoms with Gasteiger partial charge in [-0.2, -0.15) is 0 Å². The summed E-state index contributed by atoms with van der Waals surface area (Å²) in [5, 5.41) is 0. The van der Waals surface area contributed by atoms with E-state index in [1.807, 2.05) is 0 Å². The zero-order chi connectivity index (χ0) is 12.7. The lowest BCUT2D eigenvalue weighted by Gasteiger charge is -2.33. The summed E-state index contributed by atoms with van der Waals surface area (Å²) in [6.45, 7) is 12.3. The molecular weight excluding hydrogens is 210 g/mol. The minimum absolute atomic E-state index is 0.0941. The lowest BCUT2D eigenvalue weighted by atomic mass is 10.1. The van der Waals surface area contributed by atoms with Gasteiger partial charge in [-0.25, -0.2) is 0 Å². The summed E-state index contributed by atoms with van der Waals surface area (Å²) in [7, 11) is 0. The van der Waals surface area contributed by atoms with Crippen molar-refractivity contribution in [2.75, 3.05) is 19.6 Å². The summed E-state index contributed by atoms with van der Waals surface area (Å²) in [4.78, 5) is 2.55. The maximum atomic E-state index is 5.95. The zero-order valence-corrected chi connectivity index (χ0v) is 11.8. The molecule has 1 saturated heterocycles. The smallest absolute Gasteiger partial charge is 0.115 e. The van der Waals surface area contributed by atoms with Gasteiger partial charge in [0.25, 0.3) is 0 Å². The van der Waals surface area contributed by atoms with Gasteiger partial charge in [0.1, 0.15) is 6.10 Å². The molecule has 2 heteroatoms. The molecule has 0 aromatic carbocycles. The first-order valence-corrected chi connectivity index (χ1v) is 6.98. The molecule has 1 aliphatic rings. The molecule has 0 spiro atoms. The molecule has 0 unspecified atom stereocenters. The van der Waals surface area contributed by atoms with Gasteiger partial charge in [0.2, 0.25) is 0 Å². The van der Waals surface area contributed by atoms with Gasteiger partial charge < -0.3 is 9.64 Å². The molecule has 0 N–H and O–H groups in total. The maximum Gasteiger partial charge on any atom is 0.115 e. The predicted molar refractivity (Wildman–Crippen MR) is 72.9 cm³/mol. The van der Waals surface area contributed by atoms with E-state index in [1.165, 1.54) is 19.6 Å². The van der Waals surface area contributed by atoms with E-state index in [2.05, 4.69) is 44.4 Å². The maximum absolute atomic E-state index is 5.95. The first-order valence-electron chi connectivity index (χ1n) is 6.98. The Bertz CT molecular complexity index is 256. The third-order valence-electron chi connectivity index (χ3n) is 3.04. The van der Waals surface area contributed by atoms with E-state index in [-0.39, 0.29) is 6.10 Å². The van der Waals surface area contributed by atoms with Crippen LogP contribution in [0.5, 0.6) is 0 Å². The van der Waals surface area contributed by atoms with E-state index in [1.54, 1.807) is 0 Å². The summed E-state index contributed by atoms with van der Waals surface area (Å²) in [6.07, 6.45) is 3.74. The fourth-order valence-electron chi connectivity index (χ4n) is 2.31. The summed E-state index contributed by atoms with van der Waals surface area (Å²) in [6, 6.07) is 0. The molecule has 1 atom stereocenters. The van der Waals surface area contributed by atoms with Crippen molar-refractivity contribution in [2.45, 2.75) is 59.2 Å². The highest BCUT2D eigenvalue weighted by atomic mass is 16.5. The van der Waals surface area contributed by atoms with Crippen molar-refractivity contribution >= 4 is 0 Å². The minimum atomic E-state index is 0.0941. The van der Waals surface area contributed by atoms with Gasteiger partial charge in [-0.15, -0.1) is 5.92 Å². The molecule has 0 aliphatic carbocycles. The van der Waals surface area contributed by atoms with Crippen LogP contribution in [0.4, 0.5) is 0 Å². The van der Waals surface area contributed by atoms with E-state index in [0.29, 0.717) is 6.10 Å². The van der Waals surface area contributed by atoms with Crippen molar-refractivity contribution in [2.24, 2.45) is 5.92 Å². The van der Waals surface area contributed by atoms with Crippen LogP contribution in [-0.2, 0) is 4.74 Å². The van der Waals surface area contributed by atoms with Crippen molar-refractivity contribution in [3.8, 4) is 11.8 Å². The molecule has 17 heavy (non-hydrogen) atoms. The largest absolute Gasteiger partial charge is 0.362 e. The fraction of sp³-hybridized carbons (Fsp3) is 0.867. The number of hydrogen-bond donors (Lipinski definition) is 0. The number of likely N-dealkylation sites (tertiary alicyclic amines) is 1. The van der Waals surface area contributed by atoms with Crippen molar-refractivity contribution in [3.05, 3.63) is 0 Å². The summed E-state index contributed by atoms with van der Waals surface area (Å²) in [5.41, 5.74) is 0. The molecule has 1 aliphatic heterocycles. The molecule has 0 aromatic rings. The first kappa shape index (κ1) is 14.5. The summed E-state index contributed by atoms with van der Waals surface area (Å²) >= 11 is 0. The third kappa shape index (κ3) is 6.10. The highest BCUT2D eigenvalue weighted by Crippen LogP contribution is 2.16. The fourth-order valence-corrected chi connectivity index (χ4v) is 2.31. The Morgan fingerprint density at radius 2 is 1.88 bits per heavy atom. The molecule has 2 nitrogen and oxygen atoms in total. The Kier molecular flexibility index (Phi) is 6.62. The number of rotatable bonds is 4. The highest BCUT2D eigenvalue weighted by Gasteiger charge is 2.21. The van der Waals surface area contributed by atoms with Crippen LogP contribution in [0.2, 0.25) is 0 Å². The van der Waals surface area contributed by atoms with Crippen molar-refractivity contribution in [3.63, 3.8) is 0 Å². The second-order valence-corrected chi connectivity index (χ2v) is 5.35. The number of ether oxygens (including phenoxy) is 1. The van der Waals surface area contributed by atoms with Gasteiger partial charge in [-0.05, 0) is 25.7 Å². The van der Waals surface area contributed by atoms with Crippen LogP contribution in [0.15, 0.2) is 0 Å². The number of piperidine rings is 1. The average molecular weight is 237 g/mol. The Morgan fingerprint density at radius 1 is 1.24 bits per heavy atom. The molecule has 0 amide bonds. The SMILES string of the molecule is CCC#C[C@H](C)OC1CCN(CC(C)C)CC1. The van der Waals surface area contributed by atoms with Crippen molar-refractivity contribution in [1.29, 1.82) is 0 Å². The Morgan fingerprint density at radius 3 is 2.41 bits per heavy atom. The van der Waals surface area contributed by atoms with Gasteiger partial charge in [-0.1, -0.05) is 26.7 Å². The molecule has 0 bridgehead atoms. The number of hydrogen-bond acceptors (Lipinski definition) is 2. The van der Waals surface area contributed by atoms with E-state index < -0.39 is 0 Å². The van der Waals surface area contributed by atoms with Crippen LogP contribution in [0.3, 0.4) is 0 Å². The van der Waals surface area contributed by atoms with E-state index in [9.17, 15) is 0 Å². The predicted octanol–water partition coefficient (Wildman–Crippen LogP) is 2.93. The van der Waals surface area contributed by atoms with Gasteiger partial charge >= 0.3 is 0 Å². The van der Waals surface area contributed by atoms with Crippen LogP contribution in [0.1, 0.15) is 47.0 Å². The molecule has 1 heterocycles. The first-order chi connectivity index (χ1) is 8.11.